The van der Waals surface area contributed by atoms with E-state index in [0.29, 0.717) is 23.7 Å². The van der Waals surface area contributed by atoms with Crippen LogP contribution in [0, 0.1) is 12.8 Å². The van der Waals surface area contributed by atoms with Gasteiger partial charge in [-0.2, -0.15) is 0 Å². The molecule has 1 aromatic heterocycles. The van der Waals surface area contributed by atoms with E-state index in [-0.39, 0.29) is 24.1 Å². The molecule has 0 spiro atoms. The maximum atomic E-state index is 13.0. The molecule has 0 aliphatic heterocycles. The van der Waals surface area contributed by atoms with Crippen LogP contribution in [0.5, 0.6) is 0 Å². The summed E-state index contributed by atoms with van der Waals surface area (Å²) in [7, 11) is 0. The average molecular weight is 474 g/mol. The van der Waals surface area contributed by atoms with Crippen LogP contribution in [0.3, 0.4) is 0 Å². The topological polar surface area (TPSA) is 113 Å². The lowest BCUT2D eigenvalue weighted by atomic mass is 10.1. The van der Waals surface area contributed by atoms with Gasteiger partial charge in [0.15, 0.2) is 0 Å². The highest BCUT2D eigenvalue weighted by molar-refractivity contribution is 5.98. The van der Waals surface area contributed by atoms with Crippen molar-refractivity contribution < 1.29 is 14.4 Å². The number of hydrogen-bond donors (Lipinski definition) is 3. The first-order valence-corrected chi connectivity index (χ1v) is 11.6. The van der Waals surface area contributed by atoms with Crippen molar-refractivity contribution in [3.8, 4) is 11.3 Å². The summed E-state index contributed by atoms with van der Waals surface area (Å²) in [5.74, 6) is -0.812. The molecule has 3 aromatic rings. The van der Waals surface area contributed by atoms with Crippen LogP contribution in [0.1, 0.15) is 46.7 Å². The lowest BCUT2D eigenvalue weighted by Gasteiger charge is -2.19. The van der Waals surface area contributed by atoms with Gasteiger partial charge in [0.05, 0.1) is 5.69 Å². The summed E-state index contributed by atoms with van der Waals surface area (Å²) in [4.78, 5) is 46.7. The minimum atomic E-state index is -0.973. The number of nitrogens with zero attached hydrogens (tertiary/aromatic N) is 2. The number of aromatic nitrogens is 2. The Hall–Kier alpha value is -4.07. The molecular formula is C27H31N5O3. The Bertz CT molecular complexity index is 1150. The van der Waals surface area contributed by atoms with Crippen molar-refractivity contribution in [2.24, 2.45) is 5.92 Å². The van der Waals surface area contributed by atoms with Gasteiger partial charge in [-0.1, -0.05) is 61.9 Å². The second kappa shape index (κ2) is 12.4. The fraction of sp³-hybridized carbons (Fsp3) is 0.296. The lowest BCUT2D eigenvalue weighted by molar-refractivity contribution is -0.122. The van der Waals surface area contributed by atoms with Crippen molar-refractivity contribution in [2.75, 3.05) is 13.1 Å². The Labute approximate surface area is 205 Å². The van der Waals surface area contributed by atoms with E-state index < -0.39 is 11.9 Å². The molecule has 8 nitrogen and oxygen atoms in total. The molecule has 3 amide bonds. The molecule has 0 saturated carbocycles. The van der Waals surface area contributed by atoms with Crippen molar-refractivity contribution in [1.29, 1.82) is 0 Å². The zero-order chi connectivity index (χ0) is 25.2. The van der Waals surface area contributed by atoms with Crippen LogP contribution in [0.4, 0.5) is 0 Å². The summed E-state index contributed by atoms with van der Waals surface area (Å²) in [6.45, 7) is 6.47. The Morgan fingerprint density at radius 3 is 2.29 bits per heavy atom. The highest BCUT2D eigenvalue weighted by Crippen LogP contribution is 2.16. The molecule has 1 atom stereocenters. The number of carbonyl (C=O) groups excluding carboxylic acids is 3. The van der Waals surface area contributed by atoms with Crippen molar-refractivity contribution in [2.45, 2.75) is 33.2 Å². The normalized spacial score (nSPS) is 11.5. The zero-order valence-electron chi connectivity index (χ0n) is 20.2. The van der Waals surface area contributed by atoms with Crippen LogP contribution in [0.25, 0.3) is 11.3 Å². The molecular weight excluding hydrogens is 442 g/mol. The maximum absolute atomic E-state index is 13.0. The predicted molar refractivity (Wildman–Crippen MR) is 135 cm³/mol. The molecule has 0 bridgehead atoms. The first kappa shape index (κ1) is 25.6. The minimum Gasteiger partial charge on any atom is -0.354 e. The van der Waals surface area contributed by atoms with Gasteiger partial charge in [-0.05, 0) is 37.5 Å². The first-order chi connectivity index (χ1) is 16.8. The van der Waals surface area contributed by atoms with E-state index in [4.69, 9.17) is 0 Å². The molecule has 182 valence electrons. The van der Waals surface area contributed by atoms with Crippen LogP contribution in [-0.4, -0.2) is 46.8 Å². The monoisotopic (exact) mass is 473 g/mol. The number of aryl methyl sites for hydroxylation is 1. The number of benzene rings is 2. The molecule has 0 aliphatic carbocycles. The summed E-state index contributed by atoms with van der Waals surface area (Å²) < 4.78 is 0. The molecule has 2 aromatic carbocycles. The second-order valence-electron chi connectivity index (χ2n) is 8.73. The van der Waals surface area contributed by atoms with E-state index in [9.17, 15) is 14.4 Å². The van der Waals surface area contributed by atoms with Gasteiger partial charge in [-0.15, -0.1) is 0 Å². The van der Waals surface area contributed by atoms with Crippen molar-refractivity contribution in [3.63, 3.8) is 0 Å². The quantitative estimate of drug-likeness (QED) is 0.419. The standard InChI is InChI=1S/C27H31N5O3/c1-18(2)13-14-28-26(34)24(16-29-25(33)21-11-9-19(3)10-12-21)32-27(35)23-15-22(30-17-31-23)20-7-5-4-6-8-20/h4-12,15,17-18,24H,13-14,16H2,1-3H3,(H,28,34)(H,29,33)(H,32,35)/t24-/m0/s1. The smallest absolute Gasteiger partial charge is 0.270 e. The summed E-state index contributed by atoms with van der Waals surface area (Å²) in [6.07, 6.45) is 2.11. The molecule has 1 heterocycles. The summed E-state index contributed by atoms with van der Waals surface area (Å²) in [5, 5.41) is 8.30. The van der Waals surface area contributed by atoms with Gasteiger partial charge in [0.25, 0.3) is 11.8 Å². The highest BCUT2D eigenvalue weighted by atomic mass is 16.2. The SMILES string of the molecule is Cc1ccc(C(=O)NC[C@H](NC(=O)c2cc(-c3ccccc3)ncn2)C(=O)NCCC(C)C)cc1. The van der Waals surface area contributed by atoms with E-state index in [2.05, 4.69) is 39.8 Å². The van der Waals surface area contributed by atoms with Gasteiger partial charge >= 0.3 is 0 Å². The number of rotatable bonds is 10. The van der Waals surface area contributed by atoms with Crippen molar-refractivity contribution in [1.82, 2.24) is 25.9 Å². The summed E-state index contributed by atoms with van der Waals surface area (Å²) >= 11 is 0. The molecule has 0 fully saturated rings. The zero-order valence-corrected chi connectivity index (χ0v) is 20.2. The fourth-order valence-corrected chi connectivity index (χ4v) is 3.30. The highest BCUT2D eigenvalue weighted by Gasteiger charge is 2.23. The van der Waals surface area contributed by atoms with Crippen LogP contribution < -0.4 is 16.0 Å². The van der Waals surface area contributed by atoms with Crippen molar-refractivity contribution >= 4 is 17.7 Å². The van der Waals surface area contributed by atoms with E-state index in [1.165, 1.54) is 6.33 Å². The van der Waals surface area contributed by atoms with Gasteiger partial charge in [-0.25, -0.2) is 9.97 Å². The molecule has 0 aliphatic rings. The average Bonchev–Trinajstić information content (AvgIpc) is 2.87. The molecule has 3 rings (SSSR count). The molecule has 0 saturated heterocycles. The van der Waals surface area contributed by atoms with E-state index >= 15 is 0 Å². The minimum absolute atomic E-state index is 0.0669. The Morgan fingerprint density at radius 2 is 1.60 bits per heavy atom. The van der Waals surface area contributed by atoms with Crippen LogP contribution in [0.15, 0.2) is 67.0 Å². The van der Waals surface area contributed by atoms with Gasteiger partial charge in [0, 0.05) is 24.2 Å². The maximum Gasteiger partial charge on any atom is 0.270 e. The first-order valence-electron chi connectivity index (χ1n) is 11.6. The molecule has 35 heavy (non-hydrogen) atoms. The number of amides is 3. The van der Waals surface area contributed by atoms with Gasteiger partial charge in [0.1, 0.15) is 18.1 Å². The predicted octanol–water partition coefficient (Wildman–Crippen LogP) is 3.14. The number of hydrogen-bond acceptors (Lipinski definition) is 5. The molecule has 0 radical (unpaired) electrons. The van der Waals surface area contributed by atoms with E-state index in [0.717, 1.165) is 17.5 Å². The fourth-order valence-electron chi connectivity index (χ4n) is 3.30. The van der Waals surface area contributed by atoms with E-state index in [1.54, 1.807) is 18.2 Å². The number of nitrogens with one attached hydrogen (secondary N) is 3. The van der Waals surface area contributed by atoms with E-state index in [1.807, 2.05) is 49.4 Å². The van der Waals surface area contributed by atoms with Gasteiger partial charge < -0.3 is 16.0 Å². The summed E-state index contributed by atoms with van der Waals surface area (Å²) in [5.41, 5.74) is 3.08. The molecule has 3 N–H and O–H groups in total. The largest absolute Gasteiger partial charge is 0.354 e. The van der Waals surface area contributed by atoms with Gasteiger partial charge in [-0.3, -0.25) is 14.4 Å². The molecule has 8 heteroatoms. The third-order valence-corrected chi connectivity index (χ3v) is 5.39. The van der Waals surface area contributed by atoms with Crippen LogP contribution >= 0.6 is 0 Å². The van der Waals surface area contributed by atoms with Crippen LogP contribution in [0.2, 0.25) is 0 Å². The molecule has 0 unspecified atom stereocenters. The lowest BCUT2D eigenvalue weighted by Crippen LogP contribution is -2.53. The Balaban J connectivity index is 1.71. The van der Waals surface area contributed by atoms with Gasteiger partial charge in [0.2, 0.25) is 5.91 Å². The third kappa shape index (κ3) is 7.74. The third-order valence-electron chi connectivity index (χ3n) is 5.39. The second-order valence-corrected chi connectivity index (χ2v) is 8.73. The van der Waals surface area contributed by atoms with Crippen molar-refractivity contribution in [3.05, 3.63) is 83.8 Å². The number of carbonyl (C=O) groups is 3. The summed E-state index contributed by atoms with van der Waals surface area (Å²) in [6, 6.07) is 17.1. The Morgan fingerprint density at radius 1 is 0.886 bits per heavy atom. The van der Waals surface area contributed by atoms with Crippen LogP contribution in [-0.2, 0) is 4.79 Å². The Kier molecular flexibility index (Phi) is 9.06.